The quantitative estimate of drug-likeness (QED) is 0.659. The van der Waals surface area contributed by atoms with Gasteiger partial charge in [0.25, 0.3) is 5.91 Å². The summed E-state index contributed by atoms with van der Waals surface area (Å²) in [7, 11) is 3.07. The maximum absolute atomic E-state index is 13.3. The fraction of sp³-hybridized carbons (Fsp3) is 0.458. The lowest BCUT2D eigenvalue weighted by Crippen LogP contribution is -2.73. The molecule has 176 valence electrons. The average Bonchev–Trinajstić information content (AvgIpc) is 3.27. The van der Waals surface area contributed by atoms with E-state index in [1.54, 1.807) is 56.2 Å². The van der Waals surface area contributed by atoms with Gasteiger partial charge in [-0.3, -0.25) is 9.69 Å². The van der Waals surface area contributed by atoms with Gasteiger partial charge in [-0.05, 0) is 38.1 Å². The van der Waals surface area contributed by atoms with Crippen molar-refractivity contribution in [3.05, 3.63) is 48.5 Å². The molecule has 2 aromatic carbocycles. The van der Waals surface area contributed by atoms with E-state index in [9.17, 15) is 9.90 Å². The van der Waals surface area contributed by atoms with Gasteiger partial charge in [-0.25, -0.2) is 0 Å². The fourth-order valence-electron chi connectivity index (χ4n) is 4.64. The SMILES string of the molecule is COc1ccc(N2C(=O)[C@@H](Oc3ccccc3)[C@H]2[C@H]2O[C@@H]3OC(C)(C)O[C@@H]3[C@H]2O)cc1OC. The average molecular weight is 457 g/mol. The van der Waals surface area contributed by atoms with E-state index in [1.807, 2.05) is 18.2 Å². The van der Waals surface area contributed by atoms with Crippen LogP contribution in [0.2, 0.25) is 0 Å². The first kappa shape index (κ1) is 22.0. The first-order valence-electron chi connectivity index (χ1n) is 10.8. The van der Waals surface area contributed by atoms with Crippen molar-refractivity contribution in [3.63, 3.8) is 0 Å². The minimum atomic E-state index is -1.01. The van der Waals surface area contributed by atoms with Crippen molar-refractivity contribution in [2.45, 2.75) is 56.4 Å². The number of carbonyl (C=O) groups excluding carboxylic acids is 1. The Kier molecular flexibility index (Phi) is 5.44. The topological polar surface area (TPSA) is 95.9 Å². The molecule has 0 spiro atoms. The Morgan fingerprint density at radius 2 is 1.70 bits per heavy atom. The number of para-hydroxylation sites is 1. The van der Waals surface area contributed by atoms with Crippen LogP contribution in [0.4, 0.5) is 5.69 Å². The Morgan fingerprint density at radius 1 is 0.970 bits per heavy atom. The van der Waals surface area contributed by atoms with Gasteiger partial charge < -0.3 is 33.5 Å². The Balaban J connectivity index is 1.47. The molecule has 3 saturated heterocycles. The summed E-state index contributed by atoms with van der Waals surface area (Å²) in [5, 5.41) is 11.1. The molecule has 0 saturated carbocycles. The molecule has 1 N–H and O–H groups in total. The van der Waals surface area contributed by atoms with Crippen LogP contribution in [0.25, 0.3) is 0 Å². The number of aliphatic hydroxyl groups excluding tert-OH is 1. The number of fused-ring (bicyclic) bond motifs is 1. The third kappa shape index (κ3) is 3.71. The smallest absolute Gasteiger partial charge is 0.270 e. The van der Waals surface area contributed by atoms with Crippen LogP contribution in [-0.2, 0) is 19.0 Å². The van der Waals surface area contributed by atoms with E-state index >= 15 is 0 Å². The zero-order valence-corrected chi connectivity index (χ0v) is 18.8. The molecule has 5 rings (SSSR count). The number of amides is 1. The number of rotatable bonds is 6. The van der Waals surface area contributed by atoms with Gasteiger partial charge in [-0.2, -0.15) is 0 Å². The van der Waals surface area contributed by atoms with Crippen LogP contribution >= 0.6 is 0 Å². The van der Waals surface area contributed by atoms with Gasteiger partial charge in [0.1, 0.15) is 30.1 Å². The van der Waals surface area contributed by atoms with E-state index in [0.29, 0.717) is 22.9 Å². The Morgan fingerprint density at radius 3 is 2.36 bits per heavy atom. The Bertz CT molecular complexity index is 1030. The van der Waals surface area contributed by atoms with Gasteiger partial charge in [0.15, 0.2) is 23.6 Å². The molecule has 3 aliphatic heterocycles. The number of benzene rings is 2. The number of β-lactam (4-membered cyclic amide) rings is 1. The molecule has 9 heteroatoms. The molecule has 0 radical (unpaired) electrons. The van der Waals surface area contributed by atoms with Gasteiger partial charge in [-0.1, -0.05) is 18.2 Å². The highest BCUT2D eigenvalue weighted by Gasteiger charge is 2.63. The van der Waals surface area contributed by atoms with Crippen LogP contribution < -0.4 is 19.1 Å². The number of hydrogen-bond acceptors (Lipinski definition) is 8. The van der Waals surface area contributed by atoms with Crippen LogP contribution in [0, 0.1) is 0 Å². The third-order valence-corrected chi connectivity index (χ3v) is 6.13. The second-order valence-corrected chi connectivity index (χ2v) is 8.65. The molecular formula is C24H27NO8. The maximum Gasteiger partial charge on any atom is 0.270 e. The summed E-state index contributed by atoms with van der Waals surface area (Å²) in [6.45, 7) is 3.53. The zero-order chi connectivity index (χ0) is 23.3. The third-order valence-electron chi connectivity index (χ3n) is 6.13. The molecule has 2 aromatic rings. The van der Waals surface area contributed by atoms with Gasteiger partial charge >= 0.3 is 0 Å². The number of methoxy groups -OCH3 is 2. The second kappa shape index (κ2) is 8.18. The van der Waals surface area contributed by atoms with E-state index in [4.69, 9.17) is 28.4 Å². The number of anilines is 1. The van der Waals surface area contributed by atoms with Crippen molar-refractivity contribution in [3.8, 4) is 17.2 Å². The van der Waals surface area contributed by atoms with Crippen molar-refractivity contribution in [2.24, 2.45) is 0 Å². The van der Waals surface area contributed by atoms with Crippen molar-refractivity contribution in [1.29, 1.82) is 0 Å². The summed E-state index contributed by atoms with van der Waals surface area (Å²) in [5.41, 5.74) is 0.575. The molecule has 0 bridgehead atoms. The van der Waals surface area contributed by atoms with Crippen LogP contribution in [0.15, 0.2) is 48.5 Å². The lowest BCUT2D eigenvalue weighted by atomic mass is 9.88. The first-order valence-corrected chi connectivity index (χ1v) is 10.8. The number of hydrogen-bond donors (Lipinski definition) is 1. The lowest BCUT2D eigenvalue weighted by molar-refractivity contribution is -0.221. The van der Waals surface area contributed by atoms with Gasteiger partial charge in [0, 0.05) is 11.8 Å². The van der Waals surface area contributed by atoms with Crippen molar-refractivity contribution >= 4 is 11.6 Å². The number of aliphatic hydroxyl groups is 1. The summed E-state index contributed by atoms with van der Waals surface area (Å²) in [5.74, 6) is 0.450. The summed E-state index contributed by atoms with van der Waals surface area (Å²) in [6, 6.07) is 13.6. The molecule has 0 unspecified atom stereocenters. The molecule has 1 amide bonds. The van der Waals surface area contributed by atoms with Crippen molar-refractivity contribution in [2.75, 3.05) is 19.1 Å². The highest BCUT2D eigenvalue weighted by molar-refractivity contribution is 6.05. The number of ether oxygens (including phenoxy) is 6. The van der Waals surface area contributed by atoms with E-state index < -0.39 is 42.5 Å². The maximum atomic E-state index is 13.3. The van der Waals surface area contributed by atoms with Crippen molar-refractivity contribution in [1.82, 2.24) is 0 Å². The lowest BCUT2D eigenvalue weighted by Gasteiger charge is -2.49. The molecule has 3 fully saturated rings. The van der Waals surface area contributed by atoms with E-state index in [-0.39, 0.29) is 5.91 Å². The van der Waals surface area contributed by atoms with E-state index in [0.717, 1.165) is 0 Å². The van der Waals surface area contributed by atoms with Gasteiger partial charge in [0.2, 0.25) is 6.10 Å². The molecule has 3 aliphatic rings. The summed E-state index contributed by atoms with van der Waals surface area (Å²) < 4.78 is 34.5. The largest absolute Gasteiger partial charge is 0.493 e. The molecule has 0 aliphatic carbocycles. The predicted molar refractivity (Wildman–Crippen MR) is 116 cm³/mol. The molecule has 9 nitrogen and oxygen atoms in total. The summed E-state index contributed by atoms with van der Waals surface area (Å²) in [4.78, 5) is 14.8. The summed E-state index contributed by atoms with van der Waals surface area (Å²) in [6.07, 6.45) is -4.05. The summed E-state index contributed by atoms with van der Waals surface area (Å²) >= 11 is 0. The van der Waals surface area contributed by atoms with Crippen LogP contribution in [-0.4, -0.2) is 67.8 Å². The molecule has 6 atom stereocenters. The molecule has 0 aromatic heterocycles. The highest BCUT2D eigenvalue weighted by atomic mass is 16.8. The Labute approximate surface area is 191 Å². The van der Waals surface area contributed by atoms with Crippen molar-refractivity contribution < 1.29 is 38.3 Å². The normalized spacial score (nSPS) is 32.3. The number of carbonyl (C=O) groups is 1. The predicted octanol–water partition coefficient (Wildman–Crippen LogP) is 2.10. The van der Waals surface area contributed by atoms with E-state index in [2.05, 4.69) is 0 Å². The minimum Gasteiger partial charge on any atom is -0.493 e. The van der Waals surface area contributed by atoms with Gasteiger partial charge in [0.05, 0.1) is 14.2 Å². The molecule has 33 heavy (non-hydrogen) atoms. The van der Waals surface area contributed by atoms with Crippen LogP contribution in [0.1, 0.15) is 13.8 Å². The van der Waals surface area contributed by atoms with Crippen LogP contribution in [0.5, 0.6) is 17.2 Å². The first-order chi connectivity index (χ1) is 15.8. The fourth-order valence-corrected chi connectivity index (χ4v) is 4.64. The highest BCUT2D eigenvalue weighted by Crippen LogP contribution is 2.44. The monoisotopic (exact) mass is 457 g/mol. The van der Waals surface area contributed by atoms with E-state index in [1.165, 1.54) is 7.11 Å². The standard InChI is InChI=1S/C24H27NO8/c1-24(2)32-21-18(26)19(31-23(21)33-24)17-20(30-14-8-6-5-7-9-14)22(27)25(17)13-10-11-15(28-3)16(12-13)29-4/h5-12,17-21,23,26H,1-4H3/t17-,18+,19-,20+,21-,23-/m1/s1. The zero-order valence-electron chi connectivity index (χ0n) is 18.8. The molecule has 3 heterocycles. The second-order valence-electron chi connectivity index (χ2n) is 8.65. The van der Waals surface area contributed by atoms with Crippen LogP contribution in [0.3, 0.4) is 0 Å². The molecular weight excluding hydrogens is 430 g/mol. The van der Waals surface area contributed by atoms with Gasteiger partial charge in [-0.15, -0.1) is 0 Å². The number of nitrogens with zero attached hydrogens (tertiary/aromatic N) is 1. The minimum absolute atomic E-state index is 0.258. The Hall–Kier alpha value is -2.85.